The summed E-state index contributed by atoms with van der Waals surface area (Å²) in [6.07, 6.45) is 3.94. The highest BCUT2D eigenvalue weighted by Crippen LogP contribution is 2.14. The molecule has 7 nitrogen and oxygen atoms in total. The van der Waals surface area contributed by atoms with E-state index in [0.29, 0.717) is 12.5 Å². The molecule has 1 atom stereocenters. The number of nitrogens with zero attached hydrogens (tertiary/aromatic N) is 3. The van der Waals surface area contributed by atoms with E-state index in [1.165, 1.54) is 6.33 Å². The lowest BCUT2D eigenvalue weighted by atomic mass is 10.0. The molecule has 2 aromatic rings. The van der Waals surface area contributed by atoms with Crippen molar-refractivity contribution in [2.45, 2.75) is 19.9 Å². The predicted molar refractivity (Wildman–Crippen MR) is 81.5 cm³/mol. The van der Waals surface area contributed by atoms with Gasteiger partial charge in [0, 0.05) is 43.0 Å². The Hall–Kier alpha value is -1.99. The van der Waals surface area contributed by atoms with E-state index in [1.54, 1.807) is 12.4 Å². The lowest BCUT2D eigenvalue weighted by Crippen LogP contribution is -2.31. The van der Waals surface area contributed by atoms with Crippen LogP contribution in [0.4, 0.5) is 0 Å². The standard InChI is InChI=1S/C15H21N5O2/c1-11-14(18-9-16-11)7-20-2-3-22-8-12(6-20)4-13-5-15(21)19-10-17-13/h5,9-10,12H,2-4,6-8H2,1H3,(H,16,18)(H,17,19,21)/t12-/m0/s1. The molecule has 3 heterocycles. The van der Waals surface area contributed by atoms with Crippen LogP contribution in [0.1, 0.15) is 17.1 Å². The van der Waals surface area contributed by atoms with Gasteiger partial charge >= 0.3 is 0 Å². The normalized spacial score (nSPS) is 20.0. The fraction of sp³-hybridized carbons (Fsp3) is 0.533. The number of H-pyrrole nitrogens is 2. The van der Waals surface area contributed by atoms with Crippen molar-refractivity contribution in [3.63, 3.8) is 0 Å². The third-order valence-corrected chi connectivity index (χ3v) is 3.96. The average molecular weight is 303 g/mol. The molecule has 1 saturated heterocycles. The molecule has 1 fully saturated rings. The monoisotopic (exact) mass is 303 g/mol. The van der Waals surface area contributed by atoms with Crippen molar-refractivity contribution in [3.05, 3.63) is 46.2 Å². The Labute approximate surface area is 128 Å². The number of hydrogen-bond acceptors (Lipinski definition) is 5. The number of rotatable bonds is 4. The molecule has 2 N–H and O–H groups in total. The Morgan fingerprint density at radius 3 is 3.00 bits per heavy atom. The second kappa shape index (κ2) is 6.85. The van der Waals surface area contributed by atoms with Gasteiger partial charge in [-0.25, -0.2) is 9.97 Å². The molecule has 1 aliphatic rings. The van der Waals surface area contributed by atoms with Crippen molar-refractivity contribution < 1.29 is 4.74 Å². The Morgan fingerprint density at radius 2 is 2.23 bits per heavy atom. The molecule has 0 unspecified atom stereocenters. The fourth-order valence-corrected chi connectivity index (χ4v) is 2.79. The highest BCUT2D eigenvalue weighted by molar-refractivity contribution is 5.08. The van der Waals surface area contributed by atoms with Crippen molar-refractivity contribution in [3.8, 4) is 0 Å². The zero-order valence-electron chi connectivity index (χ0n) is 12.7. The average Bonchev–Trinajstić information content (AvgIpc) is 2.76. The number of aromatic nitrogens is 4. The van der Waals surface area contributed by atoms with Crippen LogP contribution in [-0.4, -0.2) is 51.1 Å². The number of imidazole rings is 1. The van der Waals surface area contributed by atoms with Gasteiger partial charge in [-0.1, -0.05) is 0 Å². The van der Waals surface area contributed by atoms with Crippen molar-refractivity contribution in [2.75, 3.05) is 26.3 Å². The lowest BCUT2D eigenvalue weighted by molar-refractivity contribution is 0.121. The highest BCUT2D eigenvalue weighted by atomic mass is 16.5. The molecule has 0 spiro atoms. The van der Waals surface area contributed by atoms with E-state index in [4.69, 9.17) is 4.74 Å². The first kappa shape index (κ1) is 14.9. The molecule has 0 saturated carbocycles. The number of aryl methyl sites for hydroxylation is 1. The predicted octanol–water partition coefficient (Wildman–Crippen LogP) is 0.493. The molecule has 0 radical (unpaired) electrons. The second-order valence-corrected chi connectivity index (χ2v) is 5.76. The highest BCUT2D eigenvalue weighted by Gasteiger charge is 2.20. The van der Waals surface area contributed by atoms with E-state index in [-0.39, 0.29) is 5.56 Å². The molecule has 1 aliphatic heterocycles. The number of hydrogen-bond donors (Lipinski definition) is 2. The van der Waals surface area contributed by atoms with Crippen LogP contribution < -0.4 is 5.56 Å². The molecule has 2 aromatic heterocycles. The summed E-state index contributed by atoms with van der Waals surface area (Å²) in [5.41, 5.74) is 2.89. The van der Waals surface area contributed by atoms with Gasteiger partial charge in [-0.15, -0.1) is 0 Å². The zero-order chi connectivity index (χ0) is 15.4. The van der Waals surface area contributed by atoms with Crippen LogP contribution >= 0.6 is 0 Å². The Morgan fingerprint density at radius 1 is 1.36 bits per heavy atom. The first-order valence-corrected chi connectivity index (χ1v) is 7.53. The van der Waals surface area contributed by atoms with Crippen LogP contribution in [0.2, 0.25) is 0 Å². The minimum Gasteiger partial charge on any atom is -0.380 e. The van der Waals surface area contributed by atoms with Gasteiger partial charge in [-0.3, -0.25) is 9.69 Å². The maximum Gasteiger partial charge on any atom is 0.250 e. The molecule has 0 aromatic carbocycles. The van der Waals surface area contributed by atoms with Crippen LogP contribution in [0.5, 0.6) is 0 Å². The van der Waals surface area contributed by atoms with Gasteiger partial charge in [0.05, 0.1) is 31.6 Å². The number of aromatic amines is 2. The molecule has 3 rings (SSSR count). The summed E-state index contributed by atoms with van der Waals surface area (Å²) in [4.78, 5) is 28.0. The van der Waals surface area contributed by atoms with Gasteiger partial charge in [0.15, 0.2) is 0 Å². The summed E-state index contributed by atoms with van der Waals surface area (Å²) in [6, 6.07) is 1.56. The SMILES string of the molecule is Cc1[nH]cnc1CN1CCOC[C@@H](Cc2cc(=O)[nH]cn2)C1. The largest absolute Gasteiger partial charge is 0.380 e. The van der Waals surface area contributed by atoms with E-state index in [9.17, 15) is 4.79 Å². The Bertz CT molecular complexity index is 666. The summed E-state index contributed by atoms with van der Waals surface area (Å²) in [5.74, 6) is 0.330. The molecule has 118 valence electrons. The minimum atomic E-state index is -0.108. The van der Waals surface area contributed by atoms with Crippen molar-refractivity contribution in [1.82, 2.24) is 24.8 Å². The van der Waals surface area contributed by atoms with Crippen molar-refractivity contribution >= 4 is 0 Å². The van der Waals surface area contributed by atoms with Gasteiger partial charge in [0.25, 0.3) is 5.56 Å². The smallest absolute Gasteiger partial charge is 0.250 e. The summed E-state index contributed by atoms with van der Waals surface area (Å²) in [5, 5.41) is 0. The van der Waals surface area contributed by atoms with Crippen LogP contribution in [0, 0.1) is 12.8 Å². The first-order valence-electron chi connectivity index (χ1n) is 7.53. The summed E-state index contributed by atoms with van der Waals surface area (Å²) < 4.78 is 5.71. The third kappa shape index (κ3) is 3.80. The minimum absolute atomic E-state index is 0.108. The van der Waals surface area contributed by atoms with Crippen molar-refractivity contribution in [1.29, 1.82) is 0 Å². The molecule has 0 amide bonds. The van der Waals surface area contributed by atoms with E-state index in [0.717, 1.165) is 49.7 Å². The Balaban J connectivity index is 1.65. The molecular formula is C15H21N5O2. The fourth-order valence-electron chi connectivity index (χ4n) is 2.79. The molecule has 0 bridgehead atoms. The zero-order valence-corrected chi connectivity index (χ0v) is 12.7. The lowest BCUT2D eigenvalue weighted by Gasteiger charge is -2.22. The third-order valence-electron chi connectivity index (χ3n) is 3.96. The first-order chi connectivity index (χ1) is 10.7. The van der Waals surface area contributed by atoms with Crippen LogP contribution in [-0.2, 0) is 17.7 Å². The van der Waals surface area contributed by atoms with Crippen molar-refractivity contribution in [2.24, 2.45) is 5.92 Å². The van der Waals surface area contributed by atoms with Crippen LogP contribution in [0.25, 0.3) is 0 Å². The van der Waals surface area contributed by atoms with Gasteiger partial charge < -0.3 is 14.7 Å². The Kier molecular flexibility index (Phi) is 4.65. The molecule has 22 heavy (non-hydrogen) atoms. The summed E-state index contributed by atoms with van der Waals surface area (Å²) in [7, 11) is 0. The molecular weight excluding hydrogens is 282 g/mol. The quantitative estimate of drug-likeness (QED) is 0.858. The summed E-state index contributed by atoms with van der Waals surface area (Å²) >= 11 is 0. The summed E-state index contributed by atoms with van der Waals surface area (Å²) in [6.45, 7) is 6.09. The van der Waals surface area contributed by atoms with E-state index in [1.807, 2.05) is 6.92 Å². The maximum absolute atomic E-state index is 11.4. The topological polar surface area (TPSA) is 86.9 Å². The molecule has 7 heteroatoms. The van der Waals surface area contributed by atoms with E-state index < -0.39 is 0 Å². The van der Waals surface area contributed by atoms with E-state index in [2.05, 4.69) is 24.8 Å². The van der Waals surface area contributed by atoms with Gasteiger partial charge in [-0.2, -0.15) is 0 Å². The van der Waals surface area contributed by atoms with Gasteiger partial charge in [0.1, 0.15) is 0 Å². The van der Waals surface area contributed by atoms with Gasteiger partial charge in [0.2, 0.25) is 0 Å². The van der Waals surface area contributed by atoms with Crippen LogP contribution in [0.15, 0.2) is 23.5 Å². The van der Waals surface area contributed by atoms with Gasteiger partial charge in [-0.05, 0) is 13.3 Å². The molecule has 0 aliphatic carbocycles. The van der Waals surface area contributed by atoms with E-state index >= 15 is 0 Å². The number of ether oxygens (including phenoxy) is 1. The maximum atomic E-state index is 11.4. The number of nitrogens with one attached hydrogen (secondary N) is 2. The second-order valence-electron chi connectivity index (χ2n) is 5.76. The van der Waals surface area contributed by atoms with Crippen LogP contribution in [0.3, 0.4) is 0 Å².